The van der Waals surface area contributed by atoms with Crippen LogP contribution < -0.4 is 10.1 Å². The van der Waals surface area contributed by atoms with E-state index in [1.807, 2.05) is 20.8 Å². The van der Waals surface area contributed by atoms with Gasteiger partial charge in [0.15, 0.2) is 0 Å². The molecule has 0 saturated carbocycles. The van der Waals surface area contributed by atoms with Crippen molar-refractivity contribution in [3.05, 3.63) is 22.8 Å². The van der Waals surface area contributed by atoms with Crippen LogP contribution in [0.2, 0.25) is 0 Å². The topological polar surface area (TPSA) is 41.5 Å². The van der Waals surface area contributed by atoms with Gasteiger partial charge < -0.3 is 15.2 Å². The molecule has 0 unspecified atom stereocenters. The van der Waals surface area contributed by atoms with E-state index in [-0.39, 0.29) is 6.73 Å². The van der Waals surface area contributed by atoms with E-state index in [1.165, 1.54) is 5.56 Å². The van der Waals surface area contributed by atoms with E-state index in [4.69, 9.17) is 9.84 Å². The zero-order valence-electron chi connectivity index (χ0n) is 9.14. The normalized spacial score (nSPS) is 10.1. The Balaban J connectivity index is 3.31. The minimum Gasteiger partial charge on any atom is -0.494 e. The van der Waals surface area contributed by atoms with Gasteiger partial charge in [-0.15, -0.1) is 0 Å². The third kappa shape index (κ3) is 1.82. The number of aliphatic hydroxyl groups is 1. The number of ether oxygens (including phenoxy) is 1. The molecular weight excluding hydrogens is 178 g/mol. The summed E-state index contributed by atoms with van der Waals surface area (Å²) in [6.45, 7) is 5.97. The molecule has 0 bridgehead atoms. The molecule has 0 fully saturated rings. The lowest BCUT2D eigenvalue weighted by atomic mass is 10.0. The molecule has 14 heavy (non-hydrogen) atoms. The molecule has 0 amide bonds. The van der Waals surface area contributed by atoms with Crippen LogP contribution in [0, 0.1) is 20.8 Å². The number of aryl methyl sites for hydroxylation is 2. The van der Waals surface area contributed by atoms with Crippen LogP contribution in [0.25, 0.3) is 0 Å². The van der Waals surface area contributed by atoms with Crippen molar-refractivity contribution < 1.29 is 9.84 Å². The molecule has 0 aliphatic heterocycles. The van der Waals surface area contributed by atoms with Crippen LogP contribution >= 0.6 is 0 Å². The van der Waals surface area contributed by atoms with E-state index < -0.39 is 0 Å². The van der Waals surface area contributed by atoms with Gasteiger partial charge in [-0.25, -0.2) is 0 Å². The molecule has 0 aromatic heterocycles. The Morgan fingerprint density at radius 1 is 1.29 bits per heavy atom. The molecule has 3 nitrogen and oxygen atoms in total. The highest BCUT2D eigenvalue weighted by atomic mass is 16.5. The van der Waals surface area contributed by atoms with E-state index in [0.717, 1.165) is 22.6 Å². The molecule has 0 aliphatic carbocycles. The average Bonchev–Trinajstić information content (AvgIpc) is 2.15. The number of rotatable bonds is 3. The first-order valence-corrected chi connectivity index (χ1v) is 4.61. The summed E-state index contributed by atoms with van der Waals surface area (Å²) in [6.07, 6.45) is 0. The smallest absolute Gasteiger partial charge is 0.145 e. The minimum atomic E-state index is -0.0836. The van der Waals surface area contributed by atoms with Gasteiger partial charge in [-0.05, 0) is 37.5 Å². The van der Waals surface area contributed by atoms with Gasteiger partial charge in [-0.3, -0.25) is 0 Å². The third-order valence-corrected chi connectivity index (χ3v) is 2.45. The second-order valence-corrected chi connectivity index (χ2v) is 3.38. The Labute approximate surface area is 84.7 Å². The van der Waals surface area contributed by atoms with Crippen LogP contribution in [0.1, 0.15) is 16.7 Å². The molecule has 3 heteroatoms. The Morgan fingerprint density at radius 2 is 1.93 bits per heavy atom. The van der Waals surface area contributed by atoms with Gasteiger partial charge in [0.2, 0.25) is 0 Å². The molecule has 0 aliphatic rings. The van der Waals surface area contributed by atoms with Gasteiger partial charge >= 0.3 is 0 Å². The SMILES string of the molecule is COc1c(C)c(C)cc(C)c1NCO. The highest BCUT2D eigenvalue weighted by Crippen LogP contribution is 2.33. The fraction of sp³-hybridized carbons (Fsp3) is 0.455. The van der Waals surface area contributed by atoms with E-state index in [2.05, 4.69) is 11.4 Å². The molecule has 2 N–H and O–H groups in total. The van der Waals surface area contributed by atoms with Crippen molar-refractivity contribution in [2.45, 2.75) is 20.8 Å². The Bertz CT molecular complexity index is 335. The highest BCUT2D eigenvalue weighted by molar-refractivity contribution is 5.66. The van der Waals surface area contributed by atoms with Crippen LogP contribution in [0.5, 0.6) is 5.75 Å². The van der Waals surface area contributed by atoms with Crippen molar-refractivity contribution in [1.29, 1.82) is 0 Å². The maximum atomic E-state index is 8.86. The van der Waals surface area contributed by atoms with Crippen LogP contribution in [-0.4, -0.2) is 18.9 Å². The van der Waals surface area contributed by atoms with E-state index in [1.54, 1.807) is 7.11 Å². The summed E-state index contributed by atoms with van der Waals surface area (Å²) in [6, 6.07) is 2.08. The van der Waals surface area contributed by atoms with Crippen molar-refractivity contribution in [3.8, 4) is 5.75 Å². The minimum absolute atomic E-state index is 0.0836. The Morgan fingerprint density at radius 3 is 2.43 bits per heavy atom. The lowest BCUT2D eigenvalue weighted by Crippen LogP contribution is -2.05. The van der Waals surface area contributed by atoms with Gasteiger partial charge in [0.05, 0.1) is 12.8 Å². The first-order chi connectivity index (χ1) is 6.61. The lowest BCUT2D eigenvalue weighted by molar-refractivity contribution is 0.324. The number of hydrogen-bond acceptors (Lipinski definition) is 3. The number of hydrogen-bond donors (Lipinski definition) is 2. The second kappa shape index (κ2) is 4.33. The number of benzene rings is 1. The molecule has 0 radical (unpaired) electrons. The molecule has 0 heterocycles. The summed E-state index contributed by atoms with van der Waals surface area (Å²) >= 11 is 0. The third-order valence-electron chi connectivity index (χ3n) is 2.45. The Kier molecular flexibility index (Phi) is 3.36. The monoisotopic (exact) mass is 195 g/mol. The molecule has 0 atom stereocenters. The molecule has 78 valence electrons. The van der Waals surface area contributed by atoms with E-state index in [9.17, 15) is 0 Å². The first-order valence-electron chi connectivity index (χ1n) is 4.61. The van der Waals surface area contributed by atoms with E-state index >= 15 is 0 Å². The van der Waals surface area contributed by atoms with Gasteiger partial charge in [-0.2, -0.15) is 0 Å². The first kappa shape index (κ1) is 10.9. The largest absolute Gasteiger partial charge is 0.494 e. The standard InChI is InChI=1S/C11H17NO2/c1-7-5-8(2)10(12-6-13)11(14-4)9(7)3/h5,12-13H,6H2,1-4H3. The molecule has 1 rings (SSSR count). The summed E-state index contributed by atoms with van der Waals surface area (Å²) in [5.74, 6) is 0.816. The van der Waals surface area contributed by atoms with Gasteiger partial charge in [-0.1, -0.05) is 6.07 Å². The maximum Gasteiger partial charge on any atom is 0.145 e. The zero-order chi connectivity index (χ0) is 10.7. The summed E-state index contributed by atoms with van der Waals surface area (Å²) < 4.78 is 5.32. The van der Waals surface area contributed by atoms with Gasteiger partial charge in [0, 0.05) is 0 Å². The van der Waals surface area contributed by atoms with Crippen molar-refractivity contribution in [3.63, 3.8) is 0 Å². The number of nitrogens with one attached hydrogen (secondary N) is 1. The highest BCUT2D eigenvalue weighted by Gasteiger charge is 2.11. The second-order valence-electron chi connectivity index (χ2n) is 3.38. The maximum absolute atomic E-state index is 8.86. The van der Waals surface area contributed by atoms with Crippen LogP contribution in [0.15, 0.2) is 6.07 Å². The average molecular weight is 195 g/mol. The molecular formula is C11H17NO2. The Hall–Kier alpha value is -1.22. The molecule has 1 aromatic rings. The fourth-order valence-electron chi connectivity index (χ4n) is 1.60. The van der Waals surface area contributed by atoms with Crippen molar-refractivity contribution in [2.24, 2.45) is 0 Å². The molecule has 1 aromatic carbocycles. The summed E-state index contributed by atoms with van der Waals surface area (Å²) in [4.78, 5) is 0. The summed E-state index contributed by atoms with van der Waals surface area (Å²) in [5.41, 5.74) is 4.26. The predicted octanol–water partition coefficient (Wildman–Crippen LogP) is 1.98. The van der Waals surface area contributed by atoms with E-state index in [0.29, 0.717) is 0 Å². The van der Waals surface area contributed by atoms with Crippen LogP contribution in [0.4, 0.5) is 5.69 Å². The molecule has 0 saturated heterocycles. The fourth-order valence-corrected chi connectivity index (χ4v) is 1.60. The van der Waals surface area contributed by atoms with Crippen LogP contribution in [-0.2, 0) is 0 Å². The lowest BCUT2D eigenvalue weighted by Gasteiger charge is -2.16. The van der Waals surface area contributed by atoms with Crippen LogP contribution in [0.3, 0.4) is 0 Å². The number of anilines is 1. The predicted molar refractivity (Wildman–Crippen MR) is 57.9 cm³/mol. The van der Waals surface area contributed by atoms with Gasteiger partial charge in [0.1, 0.15) is 12.5 Å². The van der Waals surface area contributed by atoms with Gasteiger partial charge in [0.25, 0.3) is 0 Å². The summed E-state index contributed by atoms with van der Waals surface area (Å²) in [7, 11) is 1.64. The number of aliphatic hydroxyl groups excluding tert-OH is 1. The quantitative estimate of drug-likeness (QED) is 0.725. The van der Waals surface area contributed by atoms with Crippen molar-refractivity contribution in [1.82, 2.24) is 0 Å². The van der Waals surface area contributed by atoms with Crippen molar-refractivity contribution >= 4 is 5.69 Å². The zero-order valence-corrected chi connectivity index (χ0v) is 9.14. The molecule has 0 spiro atoms. The summed E-state index contributed by atoms with van der Waals surface area (Å²) in [5, 5.41) is 11.8. The van der Waals surface area contributed by atoms with Crippen molar-refractivity contribution in [2.75, 3.05) is 19.2 Å². The number of methoxy groups -OCH3 is 1.